The molecule has 0 saturated heterocycles. The Morgan fingerprint density at radius 2 is 0.673 bits per heavy atom. The molecule has 4 nitrogen and oxygen atoms in total. The molecule has 55 heavy (non-hydrogen) atoms. The Kier molecular flexibility index (Phi) is 7.14. The Hall–Kier alpha value is -7.43. The number of para-hydroxylation sites is 2. The van der Waals surface area contributed by atoms with Crippen LogP contribution in [0.3, 0.4) is 0 Å². The number of hydrogen-bond acceptors (Lipinski definition) is 3. The topological polar surface area (TPSA) is 43.6 Å². The van der Waals surface area contributed by atoms with Gasteiger partial charge in [0.1, 0.15) is 0 Å². The fourth-order valence-corrected chi connectivity index (χ4v) is 8.24. The van der Waals surface area contributed by atoms with Gasteiger partial charge in [-0.15, -0.1) is 0 Å². The van der Waals surface area contributed by atoms with Crippen LogP contribution in [0, 0.1) is 0 Å². The largest absolute Gasteiger partial charge is 0.309 e. The quantitative estimate of drug-likeness (QED) is 0.168. The lowest BCUT2D eigenvalue weighted by Gasteiger charge is -2.13. The highest BCUT2D eigenvalue weighted by Crippen LogP contribution is 2.38. The Labute approximate surface area is 317 Å². The number of hydrogen-bond donors (Lipinski definition) is 0. The summed E-state index contributed by atoms with van der Waals surface area (Å²) >= 11 is 0. The normalized spacial score (nSPS) is 11.6. The summed E-state index contributed by atoms with van der Waals surface area (Å²) in [5, 5.41) is 9.86. The summed E-state index contributed by atoms with van der Waals surface area (Å²) in [4.78, 5) is 15.3. The molecule has 0 bridgehead atoms. The molecule has 4 heteroatoms. The smallest absolute Gasteiger partial charge is 0.164 e. The lowest BCUT2D eigenvalue weighted by Crippen LogP contribution is -2.00. The Bertz CT molecular complexity index is 3160. The highest BCUT2D eigenvalue weighted by atomic mass is 15.0. The van der Waals surface area contributed by atoms with Crippen molar-refractivity contribution >= 4 is 54.1 Å². The molecule has 11 rings (SSSR count). The monoisotopic (exact) mass is 700 g/mol. The van der Waals surface area contributed by atoms with Crippen molar-refractivity contribution in [2.75, 3.05) is 0 Å². The average Bonchev–Trinajstić information content (AvgIpc) is 3.61. The molecular weight excluding hydrogens is 669 g/mol. The van der Waals surface area contributed by atoms with Crippen LogP contribution in [0.4, 0.5) is 0 Å². The van der Waals surface area contributed by atoms with Gasteiger partial charge >= 0.3 is 0 Å². The zero-order valence-electron chi connectivity index (χ0n) is 29.8. The molecule has 0 N–H and O–H groups in total. The van der Waals surface area contributed by atoms with Crippen molar-refractivity contribution in [3.8, 4) is 51.0 Å². The van der Waals surface area contributed by atoms with Crippen LogP contribution in [0.1, 0.15) is 0 Å². The lowest BCUT2D eigenvalue weighted by atomic mass is 9.93. The Morgan fingerprint density at radius 3 is 1.27 bits per heavy atom. The first-order valence-electron chi connectivity index (χ1n) is 18.6. The molecule has 0 atom stereocenters. The van der Waals surface area contributed by atoms with Crippen LogP contribution in [-0.4, -0.2) is 19.5 Å². The van der Waals surface area contributed by atoms with E-state index < -0.39 is 0 Å². The van der Waals surface area contributed by atoms with Crippen molar-refractivity contribution in [3.05, 3.63) is 194 Å². The first-order valence-corrected chi connectivity index (χ1v) is 18.6. The van der Waals surface area contributed by atoms with Gasteiger partial charge in [0, 0.05) is 33.2 Å². The number of rotatable bonds is 5. The third-order valence-electron chi connectivity index (χ3n) is 10.8. The summed E-state index contributed by atoms with van der Waals surface area (Å²) in [7, 11) is 0. The molecule has 2 heterocycles. The third kappa shape index (κ3) is 5.19. The molecule has 0 saturated carbocycles. The van der Waals surface area contributed by atoms with Crippen LogP contribution >= 0.6 is 0 Å². The molecule has 0 fully saturated rings. The van der Waals surface area contributed by atoms with Crippen molar-refractivity contribution in [3.63, 3.8) is 0 Å². The van der Waals surface area contributed by atoms with E-state index in [1.165, 1.54) is 54.1 Å². The predicted molar refractivity (Wildman–Crippen MR) is 228 cm³/mol. The van der Waals surface area contributed by atoms with Crippen LogP contribution in [0.2, 0.25) is 0 Å². The van der Waals surface area contributed by atoms with Gasteiger partial charge in [0.05, 0.1) is 11.0 Å². The van der Waals surface area contributed by atoms with Gasteiger partial charge in [-0.3, -0.25) is 0 Å². The van der Waals surface area contributed by atoms with Crippen molar-refractivity contribution in [1.82, 2.24) is 19.5 Å². The number of aromatic nitrogens is 4. The van der Waals surface area contributed by atoms with Crippen molar-refractivity contribution in [2.45, 2.75) is 0 Å². The Morgan fingerprint density at radius 1 is 0.255 bits per heavy atom. The van der Waals surface area contributed by atoms with Gasteiger partial charge in [-0.2, -0.15) is 0 Å². The van der Waals surface area contributed by atoms with Gasteiger partial charge in [-0.05, 0) is 79.8 Å². The molecule has 9 aromatic carbocycles. The van der Waals surface area contributed by atoms with Crippen molar-refractivity contribution in [2.24, 2.45) is 0 Å². The summed E-state index contributed by atoms with van der Waals surface area (Å²) in [5.74, 6) is 1.92. The molecule has 0 radical (unpaired) electrons. The van der Waals surface area contributed by atoms with E-state index in [9.17, 15) is 0 Å². The van der Waals surface area contributed by atoms with E-state index in [0.29, 0.717) is 17.5 Å². The van der Waals surface area contributed by atoms with Gasteiger partial charge in [-0.1, -0.05) is 158 Å². The van der Waals surface area contributed by atoms with E-state index in [2.05, 4.69) is 180 Å². The predicted octanol–water partition coefficient (Wildman–Crippen LogP) is 13.1. The van der Waals surface area contributed by atoms with Crippen LogP contribution in [-0.2, 0) is 0 Å². The maximum atomic E-state index is 5.16. The molecular formula is C51H32N4. The summed E-state index contributed by atoms with van der Waals surface area (Å²) in [6, 6.07) is 68.6. The third-order valence-corrected chi connectivity index (χ3v) is 10.8. The van der Waals surface area contributed by atoms with E-state index in [1.54, 1.807) is 0 Å². The van der Waals surface area contributed by atoms with Crippen LogP contribution in [0.25, 0.3) is 105 Å². The van der Waals surface area contributed by atoms with Gasteiger partial charge in [0.15, 0.2) is 17.5 Å². The second-order valence-corrected chi connectivity index (χ2v) is 14.0. The van der Waals surface area contributed by atoms with Gasteiger partial charge < -0.3 is 4.57 Å². The fourth-order valence-electron chi connectivity index (χ4n) is 8.24. The second-order valence-electron chi connectivity index (χ2n) is 14.0. The maximum absolute atomic E-state index is 5.16. The molecule has 2 aromatic heterocycles. The summed E-state index contributed by atoms with van der Waals surface area (Å²) in [5.41, 5.74) is 8.57. The minimum Gasteiger partial charge on any atom is -0.309 e. The summed E-state index contributed by atoms with van der Waals surface area (Å²) < 4.78 is 2.35. The molecule has 0 spiro atoms. The first kappa shape index (κ1) is 31.1. The zero-order chi connectivity index (χ0) is 36.3. The molecule has 256 valence electrons. The number of benzene rings is 9. The molecule has 0 unspecified atom stereocenters. The van der Waals surface area contributed by atoms with Crippen LogP contribution < -0.4 is 0 Å². The van der Waals surface area contributed by atoms with Gasteiger partial charge in [0.2, 0.25) is 0 Å². The standard InChI is InChI=1S/C51H32N4/c1-2-13-34(14-3-1)49-52-50(54-51(53-49)37-27-30-43-41-19-5-4-17-39(41)40-18-6-7-20-42(40)46(43)32-37)36-16-12-15-35(31-36)33-25-28-38(29-26-33)55-47-23-10-8-21-44(47)45-22-9-11-24-48(45)55/h1-32H. The fraction of sp³-hybridized carbons (Fsp3) is 0. The SMILES string of the molecule is c1ccc(-c2nc(-c3cccc(-c4ccc(-n5c6ccccc6c6ccccc65)cc4)c3)nc(-c3ccc4c5ccccc5c5ccccc5c4c3)n2)cc1. The molecule has 11 aromatic rings. The summed E-state index contributed by atoms with van der Waals surface area (Å²) in [6.45, 7) is 0. The number of nitrogens with zero attached hydrogens (tertiary/aromatic N) is 4. The van der Waals surface area contributed by atoms with E-state index in [4.69, 9.17) is 15.0 Å². The van der Waals surface area contributed by atoms with Crippen molar-refractivity contribution in [1.29, 1.82) is 0 Å². The molecule has 0 aliphatic heterocycles. The molecule has 0 aliphatic rings. The maximum Gasteiger partial charge on any atom is 0.164 e. The van der Waals surface area contributed by atoms with Gasteiger partial charge in [-0.25, -0.2) is 15.0 Å². The minimum atomic E-state index is 0.635. The Balaban J connectivity index is 1.03. The average molecular weight is 701 g/mol. The van der Waals surface area contributed by atoms with Crippen molar-refractivity contribution < 1.29 is 0 Å². The zero-order valence-corrected chi connectivity index (χ0v) is 29.8. The summed E-state index contributed by atoms with van der Waals surface area (Å²) in [6.07, 6.45) is 0. The lowest BCUT2D eigenvalue weighted by molar-refractivity contribution is 1.07. The van der Waals surface area contributed by atoms with Gasteiger partial charge in [0.25, 0.3) is 0 Å². The van der Waals surface area contributed by atoms with E-state index in [1.807, 2.05) is 18.2 Å². The van der Waals surface area contributed by atoms with Crippen LogP contribution in [0.5, 0.6) is 0 Å². The van der Waals surface area contributed by atoms with Crippen LogP contribution in [0.15, 0.2) is 194 Å². The first-order chi connectivity index (χ1) is 27.3. The van der Waals surface area contributed by atoms with E-state index in [-0.39, 0.29) is 0 Å². The molecule has 0 amide bonds. The second kappa shape index (κ2) is 12.6. The molecule has 0 aliphatic carbocycles. The highest BCUT2D eigenvalue weighted by molar-refractivity contribution is 6.25. The van der Waals surface area contributed by atoms with E-state index >= 15 is 0 Å². The van der Waals surface area contributed by atoms with E-state index in [0.717, 1.165) is 33.5 Å². The minimum absolute atomic E-state index is 0.635. The number of fused-ring (bicyclic) bond motifs is 9. The highest BCUT2D eigenvalue weighted by Gasteiger charge is 2.16.